The number of aromatic nitrogens is 2. The molecule has 0 radical (unpaired) electrons. The van der Waals surface area contributed by atoms with Crippen molar-refractivity contribution in [2.45, 2.75) is 6.54 Å². The maximum absolute atomic E-state index is 15.3. The highest BCUT2D eigenvalue weighted by atomic mass is 79.9. The fourth-order valence-electron chi connectivity index (χ4n) is 3.11. The van der Waals surface area contributed by atoms with E-state index >= 15 is 4.39 Å². The number of imidazole rings is 1. The summed E-state index contributed by atoms with van der Waals surface area (Å²) in [6.45, 7) is 7.15. The number of fused-ring (bicyclic) bond motifs is 1. The quantitative estimate of drug-likeness (QED) is 0.407. The second-order valence-electron chi connectivity index (χ2n) is 6.42. The van der Waals surface area contributed by atoms with Crippen LogP contribution in [-0.2, 0) is 6.54 Å². The van der Waals surface area contributed by atoms with Gasteiger partial charge in [0.1, 0.15) is 5.75 Å². The van der Waals surface area contributed by atoms with E-state index in [0.717, 1.165) is 0 Å². The molecule has 8 heteroatoms. The van der Waals surface area contributed by atoms with E-state index in [0.29, 0.717) is 15.5 Å². The van der Waals surface area contributed by atoms with Gasteiger partial charge in [0.25, 0.3) is 0 Å². The molecule has 0 amide bonds. The molecule has 6 nitrogen and oxygen atoms in total. The molecule has 146 valence electrons. The molecule has 0 spiro atoms. The van der Waals surface area contributed by atoms with Crippen molar-refractivity contribution in [1.82, 2.24) is 9.55 Å². The Balaban J connectivity index is 1.75. The number of para-hydroxylation sites is 2. The smallest absolute Gasteiger partial charge is 0.326 e. The van der Waals surface area contributed by atoms with Crippen LogP contribution in [0.2, 0.25) is 0 Å². The number of benzene rings is 3. The molecule has 0 atom stereocenters. The van der Waals surface area contributed by atoms with Crippen molar-refractivity contribution in [2.75, 3.05) is 0 Å². The fraction of sp³-hybridized carbons (Fsp3) is 0.0455. The van der Waals surface area contributed by atoms with Crippen LogP contribution in [0.1, 0.15) is 11.1 Å². The van der Waals surface area contributed by atoms with Gasteiger partial charge in [0.05, 0.1) is 34.7 Å². The van der Waals surface area contributed by atoms with E-state index in [4.69, 9.17) is 16.6 Å². The maximum atomic E-state index is 15.3. The third kappa shape index (κ3) is 3.57. The Bertz CT molecular complexity index is 1390. The van der Waals surface area contributed by atoms with Crippen molar-refractivity contribution >= 4 is 32.7 Å². The van der Waals surface area contributed by atoms with E-state index in [-0.39, 0.29) is 40.5 Å². The second-order valence-corrected chi connectivity index (χ2v) is 7.28. The van der Waals surface area contributed by atoms with Gasteiger partial charge in [-0.3, -0.25) is 4.57 Å². The summed E-state index contributed by atoms with van der Waals surface area (Å²) in [5.74, 6) is -0.569. The lowest BCUT2D eigenvalue weighted by atomic mass is 10.1. The number of hydrogen-bond acceptors (Lipinski definition) is 3. The minimum absolute atomic E-state index is 0.00383. The number of nitrogens with zero attached hydrogens (tertiary/aromatic N) is 3. The number of nitrogens with one attached hydrogen (secondary N) is 1. The zero-order valence-corrected chi connectivity index (χ0v) is 16.9. The van der Waals surface area contributed by atoms with Gasteiger partial charge >= 0.3 is 5.69 Å². The Labute approximate surface area is 178 Å². The first kappa shape index (κ1) is 19.4. The third-order valence-corrected chi connectivity index (χ3v) is 5.13. The first-order chi connectivity index (χ1) is 14.5. The largest absolute Gasteiger partial charge is 0.454 e. The van der Waals surface area contributed by atoms with Crippen LogP contribution in [0.3, 0.4) is 0 Å². The zero-order chi connectivity index (χ0) is 21.3. The molecule has 0 aliphatic rings. The lowest BCUT2D eigenvalue weighted by molar-refractivity contribution is 0.434. The van der Waals surface area contributed by atoms with Crippen LogP contribution in [0.5, 0.6) is 11.5 Å². The van der Waals surface area contributed by atoms with Crippen LogP contribution in [0, 0.1) is 23.7 Å². The SMILES string of the molecule is [C-]#[N+]c1cc(C#N)cc(Oc2c(Br)ccc(Cn3c(=O)[nH]c4ccccc43)c2F)c1. The van der Waals surface area contributed by atoms with Gasteiger partial charge in [-0.05, 0) is 52.3 Å². The fourth-order valence-corrected chi connectivity index (χ4v) is 3.50. The Morgan fingerprint density at radius 1 is 1.23 bits per heavy atom. The topological polar surface area (TPSA) is 75.2 Å². The van der Waals surface area contributed by atoms with Gasteiger partial charge in [0.15, 0.2) is 17.3 Å². The lowest BCUT2D eigenvalue weighted by Gasteiger charge is -2.13. The van der Waals surface area contributed by atoms with Gasteiger partial charge in [-0.15, -0.1) is 0 Å². The molecule has 0 aliphatic heterocycles. The summed E-state index contributed by atoms with van der Waals surface area (Å²) < 4.78 is 22.8. The third-order valence-electron chi connectivity index (χ3n) is 4.51. The first-order valence-electron chi connectivity index (χ1n) is 8.75. The number of hydrogen-bond donors (Lipinski definition) is 1. The van der Waals surface area contributed by atoms with Gasteiger partial charge in [0.2, 0.25) is 0 Å². The highest BCUT2D eigenvalue weighted by molar-refractivity contribution is 9.10. The summed E-state index contributed by atoms with van der Waals surface area (Å²) in [4.78, 5) is 18.4. The van der Waals surface area contributed by atoms with Gasteiger partial charge in [-0.2, -0.15) is 5.26 Å². The van der Waals surface area contributed by atoms with Gasteiger partial charge in [0, 0.05) is 11.1 Å². The number of nitriles is 1. The lowest BCUT2D eigenvalue weighted by Crippen LogP contribution is -2.18. The van der Waals surface area contributed by atoms with E-state index < -0.39 is 5.82 Å². The molecule has 1 heterocycles. The van der Waals surface area contributed by atoms with E-state index in [2.05, 4.69) is 25.8 Å². The number of rotatable bonds is 4. The summed E-state index contributed by atoms with van der Waals surface area (Å²) in [6, 6.07) is 16.6. The zero-order valence-electron chi connectivity index (χ0n) is 15.3. The molecule has 0 unspecified atom stereocenters. The number of aromatic amines is 1. The maximum Gasteiger partial charge on any atom is 0.326 e. The summed E-state index contributed by atoms with van der Waals surface area (Å²) >= 11 is 3.28. The molecule has 4 rings (SSSR count). The molecule has 0 saturated carbocycles. The molecule has 3 aromatic carbocycles. The van der Waals surface area contributed by atoms with Crippen LogP contribution in [0.4, 0.5) is 10.1 Å². The standard InChI is InChI=1S/C22H12BrFN4O2/c1-26-15-8-13(11-25)9-16(10-15)30-21-17(23)7-6-14(20(21)24)12-28-19-5-3-2-4-18(19)27-22(28)29/h2-10H,12H2,(H,27,29). The Morgan fingerprint density at radius 2 is 2.03 bits per heavy atom. The minimum atomic E-state index is -0.645. The van der Waals surface area contributed by atoms with Crippen molar-refractivity contribution in [1.29, 1.82) is 5.26 Å². The van der Waals surface area contributed by atoms with Crippen molar-refractivity contribution in [3.05, 3.63) is 97.9 Å². The van der Waals surface area contributed by atoms with Gasteiger partial charge in [-0.1, -0.05) is 18.2 Å². The van der Waals surface area contributed by atoms with E-state index in [1.165, 1.54) is 22.8 Å². The monoisotopic (exact) mass is 462 g/mol. The molecular formula is C22H12BrFN4O2. The predicted molar refractivity (Wildman–Crippen MR) is 113 cm³/mol. The highest BCUT2D eigenvalue weighted by Gasteiger charge is 2.17. The molecule has 0 fully saturated rings. The Morgan fingerprint density at radius 3 is 2.80 bits per heavy atom. The molecular weight excluding hydrogens is 451 g/mol. The van der Waals surface area contributed by atoms with Crippen LogP contribution < -0.4 is 10.4 Å². The average Bonchev–Trinajstić information content (AvgIpc) is 3.07. The predicted octanol–water partition coefficient (Wildman–Crippen LogP) is 5.49. The Hall–Kier alpha value is -3.88. The van der Waals surface area contributed by atoms with Crippen molar-refractivity contribution in [2.24, 2.45) is 0 Å². The summed E-state index contributed by atoms with van der Waals surface area (Å²) in [6.07, 6.45) is 0. The van der Waals surface area contributed by atoms with E-state index in [9.17, 15) is 4.79 Å². The molecule has 0 saturated heterocycles. The second kappa shape index (κ2) is 7.86. The number of ether oxygens (including phenoxy) is 1. The molecule has 0 aliphatic carbocycles. The molecule has 4 aromatic rings. The number of H-pyrrole nitrogens is 1. The van der Waals surface area contributed by atoms with Crippen LogP contribution >= 0.6 is 15.9 Å². The van der Waals surface area contributed by atoms with Crippen molar-refractivity contribution in [3.63, 3.8) is 0 Å². The van der Waals surface area contributed by atoms with Crippen molar-refractivity contribution in [3.8, 4) is 17.6 Å². The summed E-state index contributed by atoms with van der Waals surface area (Å²) in [5.41, 5.74) is 1.68. The normalized spacial score (nSPS) is 10.5. The van der Waals surface area contributed by atoms with E-state index in [1.54, 1.807) is 30.3 Å². The molecule has 1 N–H and O–H groups in total. The molecule has 0 bridgehead atoms. The summed E-state index contributed by atoms with van der Waals surface area (Å²) in [7, 11) is 0. The van der Waals surface area contributed by atoms with Crippen LogP contribution in [0.25, 0.3) is 15.9 Å². The highest BCUT2D eigenvalue weighted by Crippen LogP contribution is 2.36. The van der Waals surface area contributed by atoms with Gasteiger partial charge in [-0.25, -0.2) is 14.0 Å². The van der Waals surface area contributed by atoms with Crippen molar-refractivity contribution < 1.29 is 9.13 Å². The Kier molecular flexibility index (Phi) is 5.09. The van der Waals surface area contributed by atoms with Gasteiger partial charge < -0.3 is 9.72 Å². The number of halogens is 2. The van der Waals surface area contributed by atoms with E-state index in [1.807, 2.05) is 12.1 Å². The van der Waals surface area contributed by atoms with Crippen LogP contribution in [0.15, 0.2) is 63.9 Å². The molecule has 1 aromatic heterocycles. The first-order valence-corrected chi connectivity index (χ1v) is 9.54. The van der Waals surface area contributed by atoms with Crippen LogP contribution in [-0.4, -0.2) is 9.55 Å². The summed E-state index contributed by atoms with van der Waals surface area (Å²) in [5, 5.41) is 9.13. The molecule has 30 heavy (non-hydrogen) atoms. The minimum Gasteiger partial charge on any atom is -0.454 e. The average molecular weight is 463 g/mol.